The Morgan fingerprint density at radius 3 is 0.852 bits per heavy atom. The van der Waals surface area contributed by atoms with Crippen molar-refractivity contribution in [1.29, 1.82) is 0 Å². The first-order valence-electron chi connectivity index (χ1n) is 25.7. The first-order chi connectivity index (χ1) is 38.7. The van der Waals surface area contributed by atoms with Gasteiger partial charge in [0, 0.05) is 23.7 Å². The number of rotatable bonds is 0. The highest BCUT2D eigenvalue weighted by atomic mass is 32.1. The number of nitrogens with one attached hydrogen (secondary N) is 3. The second kappa shape index (κ2) is 53.2. The quantitative estimate of drug-likeness (QED) is 0.127. The first-order valence-corrected chi connectivity index (χ1v) is 29.0. The van der Waals surface area contributed by atoms with Crippen LogP contribution in [0, 0.1) is 118 Å². The minimum absolute atomic E-state index is 0.623. The molecule has 3 N–H and O–H groups in total. The molecule has 81 heavy (non-hydrogen) atoms. The molecule has 25 nitrogen and oxygen atoms in total. The molecule has 0 atom stereocenters. The number of aryl methyl sites for hydroxylation is 18. The van der Waals surface area contributed by atoms with Gasteiger partial charge in [0.1, 0.15) is 33.2 Å². The average Bonchev–Trinajstić information content (AvgIpc) is 4.27. The molecule has 11 rings (SSSR count). The number of H-pyrrole nitrogens is 3. The van der Waals surface area contributed by atoms with Crippen molar-refractivity contribution < 1.29 is 13.4 Å². The van der Waals surface area contributed by atoms with Gasteiger partial charge in [-0.05, 0) is 134 Å². The van der Waals surface area contributed by atoms with Crippen LogP contribution >= 0.6 is 45.7 Å². The van der Waals surface area contributed by atoms with Crippen molar-refractivity contribution in [1.82, 2.24) is 110 Å². The standard InChI is InChI=1S/2C5H7NO.2C5H7NS.C4H6N2O.2C4H6N2S.4C3H5N3.4C2H6/c4*1-4-5(2)7-3-6-4;3*1-3-5-4(2)7-6-3;1-6-4-2-3-5-6;3*1-3-2-4-6-5-3;4*1-2/h4*3H,1-2H3;3*1-2H3;2-3H,1H3;3*2H,1H3,(H,4,5,6);4*1-2H3. The number of nitrogens with zero attached hydrogens (tertiary/aromatic N) is 19. The topological polar surface area (TPSA) is 324 Å². The zero-order chi connectivity index (χ0) is 62.6. The van der Waals surface area contributed by atoms with Gasteiger partial charge >= 0.3 is 0 Å². The van der Waals surface area contributed by atoms with E-state index in [9.17, 15) is 0 Å². The molecule has 0 saturated carbocycles. The summed E-state index contributed by atoms with van der Waals surface area (Å²) in [5.74, 6) is 4.88. The normalized spacial score (nSPS) is 8.62. The Bertz CT molecular complexity index is 2440. The molecule has 0 aliphatic heterocycles. The van der Waals surface area contributed by atoms with E-state index < -0.39 is 0 Å². The first kappa shape index (κ1) is 80.0. The lowest BCUT2D eigenvalue weighted by Gasteiger charge is -1.77. The maximum Gasteiger partial charge on any atom is 0.223 e. The average molecular weight is 1200 g/mol. The third-order valence-corrected chi connectivity index (χ3v) is 11.1. The van der Waals surface area contributed by atoms with E-state index in [0.29, 0.717) is 11.7 Å². The zero-order valence-electron chi connectivity index (χ0n) is 52.6. The third kappa shape index (κ3) is 47.1. The van der Waals surface area contributed by atoms with Crippen molar-refractivity contribution in [2.24, 2.45) is 7.05 Å². The Morgan fingerprint density at radius 1 is 0.432 bits per heavy atom. The molecule has 0 bridgehead atoms. The molecule has 0 fully saturated rings. The van der Waals surface area contributed by atoms with Gasteiger partial charge < -0.3 is 13.4 Å². The molecule has 29 heteroatoms. The minimum atomic E-state index is 0.623. The smallest absolute Gasteiger partial charge is 0.223 e. The van der Waals surface area contributed by atoms with Crippen LogP contribution in [0.1, 0.15) is 150 Å². The summed E-state index contributed by atoms with van der Waals surface area (Å²) in [6.45, 7) is 48.7. The van der Waals surface area contributed by atoms with Crippen molar-refractivity contribution in [2.75, 3.05) is 0 Å². The van der Waals surface area contributed by atoms with Crippen LogP contribution in [-0.4, -0.2) is 110 Å². The molecule has 0 aliphatic carbocycles. The zero-order valence-corrected chi connectivity index (χ0v) is 55.8. The lowest BCUT2D eigenvalue weighted by molar-refractivity contribution is 0.389. The maximum atomic E-state index is 4.85. The number of aromatic amines is 3. The van der Waals surface area contributed by atoms with Gasteiger partial charge in [0.25, 0.3) is 0 Å². The summed E-state index contributed by atoms with van der Waals surface area (Å²) in [5.41, 5.74) is 10.8. The summed E-state index contributed by atoms with van der Waals surface area (Å²) in [5, 5.41) is 42.1. The lowest BCUT2D eigenvalue weighted by atomic mass is 10.4. The fourth-order valence-electron chi connectivity index (χ4n) is 3.70. The highest BCUT2D eigenvalue weighted by molar-refractivity contribution is 7.10. The Kier molecular flexibility index (Phi) is 52.5. The van der Waals surface area contributed by atoms with Crippen LogP contribution in [0.2, 0.25) is 0 Å². The van der Waals surface area contributed by atoms with Crippen molar-refractivity contribution in [3.8, 4) is 0 Å². The SMILES string of the molecule is CC.CC.CC.CC.Cc1cn[nH]n1.Cc1cn[nH]n1.Cc1cn[nH]n1.Cc1ncoc1C.Cc1ncoc1C.Cc1ncsc1C.Cc1ncsc1C.Cc1noc(C)n1.Cc1nsc(C)n1.Cc1nsc(C)n1.Cn1nccn1. The van der Waals surface area contributed by atoms with Crippen LogP contribution in [0.4, 0.5) is 0 Å². The van der Waals surface area contributed by atoms with E-state index in [2.05, 4.69) is 124 Å². The van der Waals surface area contributed by atoms with Crippen molar-refractivity contribution in [3.05, 3.63) is 149 Å². The molecule has 450 valence electrons. The molecule has 0 amide bonds. The Labute approximate surface area is 495 Å². The molecule has 0 radical (unpaired) electrons. The van der Waals surface area contributed by atoms with E-state index in [0.717, 1.165) is 73.0 Å². The minimum Gasteiger partial charge on any atom is -0.449 e. The second-order valence-corrected chi connectivity index (χ2v) is 18.4. The lowest BCUT2D eigenvalue weighted by Crippen LogP contribution is -1.89. The molecule has 0 aliphatic rings. The summed E-state index contributed by atoms with van der Waals surface area (Å²) in [6.07, 6.45) is 11.2. The van der Waals surface area contributed by atoms with Crippen molar-refractivity contribution in [2.45, 2.75) is 173 Å². The summed E-state index contributed by atoms with van der Waals surface area (Å²) in [4.78, 5) is 31.8. The molecular weight excluding hydrogens is 1110 g/mol. The Hall–Kier alpha value is -7.50. The third-order valence-electron chi connectivity index (χ3n) is 7.97. The predicted octanol–water partition coefficient (Wildman–Crippen LogP) is 13.4. The highest BCUT2D eigenvalue weighted by Gasteiger charge is 1.94. The van der Waals surface area contributed by atoms with Crippen LogP contribution in [0.5, 0.6) is 0 Å². The van der Waals surface area contributed by atoms with Crippen LogP contribution in [0.3, 0.4) is 0 Å². The molecule has 11 heterocycles. The van der Waals surface area contributed by atoms with Gasteiger partial charge in [-0.15, -0.1) is 22.7 Å². The molecule has 11 aromatic heterocycles. The van der Waals surface area contributed by atoms with Gasteiger partial charge in [-0.3, -0.25) is 0 Å². The van der Waals surface area contributed by atoms with Crippen LogP contribution in [0.15, 0.2) is 68.1 Å². The van der Waals surface area contributed by atoms with E-state index in [1.807, 2.05) is 156 Å². The monoisotopic (exact) mass is 1200 g/mol. The molecular formula is C52H90N22O3S4. The molecule has 0 aromatic carbocycles. The molecule has 11 aromatic rings. The fourth-order valence-corrected chi connectivity index (χ4v) is 5.84. The van der Waals surface area contributed by atoms with E-state index in [4.69, 9.17) is 8.83 Å². The second-order valence-electron chi connectivity index (χ2n) is 14.4. The van der Waals surface area contributed by atoms with Gasteiger partial charge in [0.2, 0.25) is 5.89 Å². The fraction of sp³-hybridized carbons (Fsp3) is 0.500. The highest BCUT2D eigenvalue weighted by Crippen LogP contribution is 2.09. The van der Waals surface area contributed by atoms with E-state index in [1.54, 1.807) is 74.6 Å². The Morgan fingerprint density at radius 2 is 0.778 bits per heavy atom. The summed E-state index contributed by atoms with van der Waals surface area (Å²) >= 11 is 6.27. The number of aromatic nitrogens is 22. The number of hydrogen-bond donors (Lipinski definition) is 3. The maximum absolute atomic E-state index is 4.85. The number of hydrogen-bond acceptors (Lipinski definition) is 25. The van der Waals surface area contributed by atoms with Gasteiger partial charge in [-0.25, -0.2) is 29.9 Å². The van der Waals surface area contributed by atoms with Gasteiger partial charge in [-0.2, -0.15) is 75.0 Å². The van der Waals surface area contributed by atoms with E-state index >= 15 is 0 Å². The van der Waals surface area contributed by atoms with E-state index in [-0.39, 0.29) is 0 Å². The predicted molar refractivity (Wildman–Crippen MR) is 327 cm³/mol. The summed E-state index contributed by atoms with van der Waals surface area (Å²) in [6, 6.07) is 0. The van der Waals surface area contributed by atoms with Crippen LogP contribution in [-0.2, 0) is 7.05 Å². The van der Waals surface area contributed by atoms with Gasteiger partial charge in [-0.1, -0.05) is 60.5 Å². The van der Waals surface area contributed by atoms with Gasteiger partial charge in [0.15, 0.2) is 18.6 Å². The summed E-state index contributed by atoms with van der Waals surface area (Å²) < 4.78 is 22.2. The van der Waals surface area contributed by atoms with Crippen molar-refractivity contribution in [3.63, 3.8) is 0 Å². The number of thiazole rings is 2. The largest absolute Gasteiger partial charge is 0.449 e. The van der Waals surface area contributed by atoms with Crippen LogP contribution in [0.25, 0.3) is 0 Å². The molecule has 0 saturated heterocycles. The summed E-state index contributed by atoms with van der Waals surface area (Å²) in [7, 11) is 1.78. The van der Waals surface area contributed by atoms with E-state index in [1.165, 1.54) is 50.4 Å². The van der Waals surface area contributed by atoms with Crippen LogP contribution < -0.4 is 0 Å². The molecule has 0 unspecified atom stereocenters. The number of oxazole rings is 2. The molecule has 0 spiro atoms. The Balaban J connectivity index is -0.000000398. The van der Waals surface area contributed by atoms with Crippen molar-refractivity contribution >= 4 is 45.7 Å². The van der Waals surface area contributed by atoms with Gasteiger partial charge in [0.05, 0.1) is 81.9 Å².